The molecule has 0 unspecified atom stereocenters. The smallest absolute Gasteiger partial charge is 0.387 e. The number of rotatable bonds is 10. The molecule has 2 aromatic heterocycles. The molecule has 0 bridgehead atoms. The van der Waals surface area contributed by atoms with Crippen LogP contribution in [0.2, 0.25) is 0 Å². The first kappa shape index (κ1) is 24.4. The van der Waals surface area contributed by atoms with Gasteiger partial charge in [0.1, 0.15) is 5.75 Å². The summed E-state index contributed by atoms with van der Waals surface area (Å²) in [6.45, 7) is 5.23. The van der Waals surface area contributed by atoms with Crippen LogP contribution < -0.4 is 4.74 Å². The highest BCUT2D eigenvalue weighted by Gasteiger charge is 2.19. The zero-order chi connectivity index (χ0) is 24.9. The minimum atomic E-state index is -2.88. The number of Topliss-reactive ketones (excluding diaryl/α,β-unsaturated/α-hetero) is 1. The van der Waals surface area contributed by atoms with Crippen LogP contribution in [0.1, 0.15) is 21.7 Å². The molecular weight excluding hydrogens is 470 g/mol. The summed E-state index contributed by atoms with van der Waals surface area (Å²) in [6.07, 6.45) is 1.77. The molecule has 2 heterocycles. The Bertz CT molecular complexity index is 1330. The van der Waals surface area contributed by atoms with Gasteiger partial charge in [0, 0.05) is 34.7 Å². The number of ether oxygens (including phenoxy) is 1. The van der Waals surface area contributed by atoms with Crippen LogP contribution in [0.5, 0.6) is 5.75 Å². The second-order valence-electron chi connectivity index (χ2n) is 7.78. The Balaban J connectivity index is 1.53. The predicted octanol–water partition coefficient (Wildman–Crippen LogP) is 6.12. The highest BCUT2D eigenvalue weighted by atomic mass is 32.2. The number of ketones is 1. The van der Waals surface area contributed by atoms with Crippen molar-refractivity contribution in [3.8, 4) is 22.8 Å². The number of allylic oxidation sites excluding steroid dienone is 1. The molecular formula is C26H24F2N4O2S. The van der Waals surface area contributed by atoms with Crippen molar-refractivity contribution in [1.82, 2.24) is 19.3 Å². The molecule has 180 valence electrons. The predicted molar refractivity (Wildman–Crippen MR) is 133 cm³/mol. The van der Waals surface area contributed by atoms with E-state index in [-0.39, 0.29) is 17.3 Å². The molecule has 4 aromatic rings. The number of carbonyl (C=O) groups excluding carboxylic acids is 1. The summed E-state index contributed by atoms with van der Waals surface area (Å²) in [4.78, 5) is 13.1. The average molecular weight is 495 g/mol. The van der Waals surface area contributed by atoms with Crippen LogP contribution in [-0.4, -0.2) is 37.5 Å². The SMILES string of the molecule is C=CCn1c(SCC(=O)c2cc(C)n(-c3ccc(OC(F)F)cc3)c2C)nnc1-c1ccccc1. The van der Waals surface area contributed by atoms with Gasteiger partial charge >= 0.3 is 6.61 Å². The van der Waals surface area contributed by atoms with Crippen molar-refractivity contribution in [3.05, 3.63) is 90.3 Å². The first-order valence-electron chi connectivity index (χ1n) is 10.9. The largest absolute Gasteiger partial charge is 0.435 e. The zero-order valence-electron chi connectivity index (χ0n) is 19.3. The Morgan fingerprint density at radius 2 is 1.83 bits per heavy atom. The summed E-state index contributed by atoms with van der Waals surface area (Å²) in [5.74, 6) is 0.951. The number of hydrogen-bond donors (Lipinski definition) is 0. The van der Waals surface area contributed by atoms with Crippen molar-refractivity contribution < 1.29 is 18.3 Å². The maximum atomic E-state index is 13.1. The molecule has 0 spiro atoms. The maximum absolute atomic E-state index is 13.1. The second-order valence-corrected chi connectivity index (χ2v) is 8.72. The van der Waals surface area contributed by atoms with Crippen molar-refractivity contribution in [2.45, 2.75) is 32.2 Å². The van der Waals surface area contributed by atoms with E-state index < -0.39 is 6.61 Å². The van der Waals surface area contributed by atoms with Gasteiger partial charge in [-0.05, 0) is 44.2 Å². The highest BCUT2D eigenvalue weighted by molar-refractivity contribution is 7.99. The van der Waals surface area contributed by atoms with Crippen LogP contribution in [0, 0.1) is 13.8 Å². The molecule has 0 aliphatic rings. The molecule has 0 radical (unpaired) electrons. The highest BCUT2D eigenvalue weighted by Crippen LogP contribution is 2.27. The molecule has 0 N–H and O–H groups in total. The third-order valence-corrected chi connectivity index (χ3v) is 6.41. The van der Waals surface area contributed by atoms with Gasteiger partial charge in [-0.1, -0.05) is 48.2 Å². The van der Waals surface area contributed by atoms with Crippen molar-refractivity contribution in [3.63, 3.8) is 0 Å². The molecule has 0 aliphatic heterocycles. The van der Waals surface area contributed by atoms with E-state index in [2.05, 4.69) is 21.5 Å². The molecule has 0 amide bonds. The van der Waals surface area contributed by atoms with Crippen molar-refractivity contribution in [2.24, 2.45) is 0 Å². The monoisotopic (exact) mass is 494 g/mol. The Labute approximate surface area is 206 Å². The number of thioether (sulfide) groups is 1. The van der Waals surface area contributed by atoms with Gasteiger partial charge in [0.25, 0.3) is 0 Å². The van der Waals surface area contributed by atoms with Crippen LogP contribution >= 0.6 is 11.8 Å². The fourth-order valence-electron chi connectivity index (χ4n) is 3.92. The quantitative estimate of drug-likeness (QED) is 0.151. The van der Waals surface area contributed by atoms with Gasteiger partial charge in [-0.15, -0.1) is 16.8 Å². The number of aryl methyl sites for hydroxylation is 1. The molecule has 0 aliphatic carbocycles. The summed E-state index contributed by atoms with van der Waals surface area (Å²) in [5.41, 5.74) is 3.92. The van der Waals surface area contributed by atoms with Crippen molar-refractivity contribution in [2.75, 3.05) is 5.75 Å². The molecule has 9 heteroatoms. The van der Waals surface area contributed by atoms with Crippen LogP contribution in [0.4, 0.5) is 8.78 Å². The van der Waals surface area contributed by atoms with E-state index in [1.54, 1.807) is 18.2 Å². The van der Waals surface area contributed by atoms with Gasteiger partial charge < -0.3 is 9.30 Å². The molecule has 35 heavy (non-hydrogen) atoms. The number of aromatic nitrogens is 4. The molecule has 0 atom stereocenters. The van der Waals surface area contributed by atoms with Gasteiger partial charge in [-0.25, -0.2) is 0 Å². The lowest BCUT2D eigenvalue weighted by Crippen LogP contribution is -2.07. The minimum absolute atomic E-state index is 0.0404. The summed E-state index contributed by atoms with van der Waals surface area (Å²) in [6, 6.07) is 17.9. The number of nitrogens with zero attached hydrogens (tertiary/aromatic N) is 4. The van der Waals surface area contributed by atoms with Crippen LogP contribution in [0.15, 0.2) is 78.5 Å². The fourth-order valence-corrected chi connectivity index (χ4v) is 4.75. The van der Waals surface area contributed by atoms with Crippen molar-refractivity contribution in [1.29, 1.82) is 0 Å². The molecule has 0 fully saturated rings. The standard InChI is InChI=1S/C26H24F2N4O2S/c1-4-14-31-24(19-8-6-5-7-9-19)29-30-26(31)35-16-23(33)22-15-17(2)32(18(22)3)20-10-12-21(13-11-20)34-25(27)28/h4-13,15,25H,1,14,16H2,2-3H3. The van der Waals surface area contributed by atoms with E-state index in [9.17, 15) is 13.6 Å². The molecule has 4 rings (SSSR count). The van der Waals surface area contributed by atoms with Gasteiger partial charge in [0.05, 0.1) is 5.75 Å². The van der Waals surface area contributed by atoms with Crippen LogP contribution in [0.3, 0.4) is 0 Å². The van der Waals surface area contributed by atoms with E-state index in [0.29, 0.717) is 17.3 Å². The lowest BCUT2D eigenvalue weighted by Gasteiger charge is -2.11. The molecule has 2 aromatic carbocycles. The average Bonchev–Trinajstić information content (AvgIpc) is 3.38. The van der Waals surface area contributed by atoms with Crippen LogP contribution in [-0.2, 0) is 6.54 Å². The van der Waals surface area contributed by atoms with Gasteiger partial charge in [0.15, 0.2) is 16.8 Å². The Morgan fingerprint density at radius 3 is 2.49 bits per heavy atom. The van der Waals surface area contributed by atoms with E-state index >= 15 is 0 Å². The summed E-state index contributed by atoms with van der Waals surface area (Å²) in [7, 11) is 0. The van der Waals surface area contributed by atoms with Gasteiger partial charge in [-0.2, -0.15) is 8.78 Å². The zero-order valence-corrected chi connectivity index (χ0v) is 20.1. The first-order chi connectivity index (χ1) is 16.9. The summed E-state index contributed by atoms with van der Waals surface area (Å²) in [5, 5.41) is 9.27. The Kier molecular flexibility index (Phi) is 7.45. The Hall–Kier alpha value is -3.72. The molecule has 0 saturated heterocycles. The second kappa shape index (κ2) is 10.7. The molecule has 6 nitrogen and oxygen atoms in total. The number of halogens is 2. The Morgan fingerprint density at radius 1 is 1.11 bits per heavy atom. The summed E-state index contributed by atoms with van der Waals surface area (Å²) >= 11 is 1.33. The number of benzene rings is 2. The van der Waals surface area contributed by atoms with Gasteiger partial charge in [-0.3, -0.25) is 9.36 Å². The third-order valence-electron chi connectivity index (χ3n) is 5.44. The van der Waals surface area contributed by atoms with E-state index in [1.165, 1.54) is 23.9 Å². The van der Waals surface area contributed by atoms with E-state index in [1.807, 2.05) is 59.4 Å². The summed E-state index contributed by atoms with van der Waals surface area (Å²) < 4.78 is 33.1. The first-order valence-corrected chi connectivity index (χ1v) is 11.9. The minimum Gasteiger partial charge on any atom is -0.435 e. The lowest BCUT2D eigenvalue weighted by atomic mass is 10.2. The topological polar surface area (TPSA) is 61.9 Å². The van der Waals surface area contributed by atoms with E-state index in [4.69, 9.17) is 0 Å². The van der Waals surface area contributed by atoms with Crippen molar-refractivity contribution >= 4 is 17.5 Å². The molecule has 0 saturated carbocycles. The lowest BCUT2D eigenvalue weighted by molar-refractivity contribution is -0.0498. The maximum Gasteiger partial charge on any atom is 0.387 e. The van der Waals surface area contributed by atoms with E-state index in [0.717, 1.165) is 28.5 Å². The number of hydrogen-bond acceptors (Lipinski definition) is 5. The fraction of sp³-hybridized carbons (Fsp3) is 0.192. The third kappa shape index (κ3) is 5.35. The van der Waals surface area contributed by atoms with Crippen LogP contribution in [0.25, 0.3) is 17.1 Å². The van der Waals surface area contributed by atoms with Gasteiger partial charge in [0.2, 0.25) is 0 Å². The normalized spacial score (nSPS) is 11.1. The number of carbonyl (C=O) groups is 1. The number of alkyl halides is 2.